The number of anilines is 1. The zero-order valence-corrected chi connectivity index (χ0v) is 17.3. The van der Waals surface area contributed by atoms with E-state index in [1.807, 2.05) is 0 Å². The third kappa shape index (κ3) is 5.50. The highest BCUT2D eigenvalue weighted by atomic mass is 32.2. The van der Waals surface area contributed by atoms with E-state index >= 15 is 0 Å². The molecular weight excluding hydrogens is 435 g/mol. The average Bonchev–Trinajstić information content (AvgIpc) is 2.71. The number of hydrogen-bond donors (Lipinski definition) is 2. The highest BCUT2D eigenvalue weighted by Crippen LogP contribution is 2.23. The summed E-state index contributed by atoms with van der Waals surface area (Å²) in [7, 11) is -2.79. The number of amides is 1. The molecule has 11 heteroatoms. The quantitative estimate of drug-likeness (QED) is 0.594. The fraction of sp³-hybridized carbons (Fsp3) is 0.200. The molecule has 2 aromatic carbocycles. The number of nitrogens with zero attached hydrogens (tertiary/aromatic N) is 1. The van der Waals surface area contributed by atoms with Gasteiger partial charge in [-0.2, -0.15) is 13.2 Å². The highest BCUT2D eigenvalue weighted by molar-refractivity contribution is 7.89. The SMILES string of the molecule is COc1ccc2cc(C(=O)Nc3ccc(S(=O)(=O)NCC(F)(F)F)cc3)c(C)nc2c1. The number of aromatic nitrogens is 1. The Morgan fingerprint density at radius 1 is 1.10 bits per heavy atom. The van der Waals surface area contributed by atoms with E-state index in [1.165, 1.54) is 16.9 Å². The van der Waals surface area contributed by atoms with E-state index in [9.17, 15) is 26.4 Å². The van der Waals surface area contributed by atoms with Crippen molar-refractivity contribution in [2.24, 2.45) is 0 Å². The van der Waals surface area contributed by atoms with Gasteiger partial charge < -0.3 is 10.1 Å². The lowest BCUT2D eigenvalue weighted by Gasteiger charge is -2.11. The third-order valence-electron chi connectivity index (χ3n) is 4.35. The second kappa shape index (κ2) is 8.52. The molecule has 0 radical (unpaired) electrons. The normalized spacial score (nSPS) is 12.0. The van der Waals surface area contributed by atoms with E-state index in [4.69, 9.17) is 4.74 Å². The highest BCUT2D eigenvalue weighted by Gasteiger charge is 2.30. The maximum atomic E-state index is 12.7. The molecule has 1 aromatic heterocycles. The molecule has 2 N–H and O–H groups in total. The number of hydrogen-bond acceptors (Lipinski definition) is 5. The number of rotatable bonds is 6. The van der Waals surface area contributed by atoms with Gasteiger partial charge in [-0.3, -0.25) is 9.78 Å². The van der Waals surface area contributed by atoms with Crippen molar-refractivity contribution in [1.82, 2.24) is 9.71 Å². The second-order valence-corrected chi connectivity index (χ2v) is 8.37. The zero-order chi connectivity index (χ0) is 22.8. The van der Waals surface area contributed by atoms with Crippen LogP contribution in [0, 0.1) is 6.92 Å². The number of halogens is 3. The van der Waals surface area contributed by atoms with Crippen molar-refractivity contribution in [3.8, 4) is 5.75 Å². The first-order chi connectivity index (χ1) is 14.5. The fourth-order valence-electron chi connectivity index (χ4n) is 2.78. The van der Waals surface area contributed by atoms with Crippen LogP contribution < -0.4 is 14.8 Å². The first-order valence-electron chi connectivity index (χ1n) is 8.92. The van der Waals surface area contributed by atoms with E-state index in [2.05, 4.69) is 10.3 Å². The molecule has 0 fully saturated rings. The van der Waals surface area contributed by atoms with Gasteiger partial charge in [-0.15, -0.1) is 0 Å². The zero-order valence-electron chi connectivity index (χ0n) is 16.4. The van der Waals surface area contributed by atoms with Gasteiger partial charge in [0.15, 0.2) is 0 Å². The van der Waals surface area contributed by atoms with Crippen molar-refractivity contribution in [2.45, 2.75) is 18.0 Å². The van der Waals surface area contributed by atoms with Crippen LogP contribution in [0.15, 0.2) is 53.4 Å². The van der Waals surface area contributed by atoms with Gasteiger partial charge in [-0.05, 0) is 49.4 Å². The van der Waals surface area contributed by atoms with Gasteiger partial charge in [-0.25, -0.2) is 13.1 Å². The molecule has 0 aliphatic rings. The minimum atomic E-state index is -4.67. The van der Waals surface area contributed by atoms with Crippen molar-refractivity contribution in [3.63, 3.8) is 0 Å². The molecule has 0 aliphatic heterocycles. The number of ether oxygens (including phenoxy) is 1. The Morgan fingerprint density at radius 2 is 1.77 bits per heavy atom. The molecule has 0 atom stereocenters. The van der Waals surface area contributed by atoms with E-state index in [0.29, 0.717) is 22.5 Å². The number of alkyl halides is 3. The van der Waals surface area contributed by atoms with E-state index in [1.54, 1.807) is 38.3 Å². The van der Waals surface area contributed by atoms with E-state index in [-0.39, 0.29) is 10.6 Å². The molecule has 3 aromatic rings. The number of methoxy groups -OCH3 is 1. The van der Waals surface area contributed by atoms with Crippen LogP contribution >= 0.6 is 0 Å². The molecule has 0 spiro atoms. The summed E-state index contributed by atoms with van der Waals surface area (Å²) in [6.07, 6.45) is -4.67. The van der Waals surface area contributed by atoms with Crippen LogP contribution in [0.1, 0.15) is 16.1 Å². The maximum absolute atomic E-state index is 12.7. The van der Waals surface area contributed by atoms with Gasteiger partial charge in [-0.1, -0.05) is 0 Å². The number of nitrogens with one attached hydrogen (secondary N) is 2. The molecule has 0 saturated heterocycles. The van der Waals surface area contributed by atoms with Crippen LogP contribution in [0.2, 0.25) is 0 Å². The Balaban J connectivity index is 1.77. The Labute approximate surface area is 176 Å². The number of carbonyl (C=O) groups is 1. The summed E-state index contributed by atoms with van der Waals surface area (Å²) >= 11 is 0. The number of benzene rings is 2. The van der Waals surface area contributed by atoms with Crippen LogP contribution in [-0.4, -0.2) is 39.1 Å². The number of aryl methyl sites for hydroxylation is 1. The minimum Gasteiger partial charge on any atom is -0.497 e. The van der Waals surface area contributed by atoms with Gasteiger partial charge in [0, 0.05) is 17.1 Å². The Hall–Kier alpha value is -3.18. The van der Waals surface area contributed by atoms with Crippen molar-refractivity contribution < 1.29 is 31.1 Å². The monoisotopic (exact) mass is 453 g/mol. The average molecular weight is 453 g/mol. The molecule has 0 saturated carbocycles. The predicted molar refractivity (Wildman–Crippen MR) is 109 cm³/mol. The van der Waals surface area contributed by atoms with Gasteiger partial charge in [0.1, 0.15) is 12.3 Å². The van der Waals surface area contributed by atoms with E-state index in [0.717, 1.165) is 17.5 Å². The lowest BCUT2D eigenvalue weighted by atomic mass is 10.1. The summed E-state index contributed by atoms with van der Waals surface area (Å²) < 4.78 is 67.3. The van der Waals surface area contributed by atoms with Gasteiger partial charge in [0.25, 0.3) is 5.91 Å². The molecule has 0 aliphatic carbocycles. The molecule has 1 amide bonds. The summed E-state index contributed by atoms with van der Waals surface area (Å²) in [5.74, 6) is 0.171. The molecule has 164 valence electrons. The Kier molecular flexibility index (Phi) is 6.18. The molecule has 7 nitrogen and oxygen atoms in total. The molecule has 0 unspecified atom stereocenters. The molecule has 1 heterocycles. The summed E-state index contributed by atoms with van der Waals surface area (Å²) in [4.78, 5) is 16.7. The van der Waals surface area contributed by atoms with Crippen LogP contribution in [0.4, 0.5) is 18.9 Å². The Bertz CT molecular complexity index is 1230. The predicted octanol–water partition coefficient (Wildman–Crippen LogP) is 3.64. The fourth-order valence-corrected chi connectivity index (χ4v) is 3.79. The van der Waals surface area contributed by atoms with Gasteiger partial charge in [0.2, 0.25) is 10.0 Å². The summed E-state index contributed by atoms with van der Waals surface area (Å²) in [5.41, 5.74) is 1.73. The number of fused-ring (bicyclic) bond motifs is 1. The minimum absolute atomic E-state index is 0.272. The van der Waals surface area contributed by atoms with Crippen LogP contribution in [0.5, 0.6) is 5.75 Å². The van der Waals surface area contributed by atoms with Crippen molar-refractivity contribution in [1.29, 1.82) is 0 Å². The smallest absolute Gasteiger partial charge is 0.402 e. The van der Waals surface area contributed by atoms with Crippen LogP contribution in [-0.2, 0) is 10.0 Å². The van der Waals surface area contributed by atoms with Crippen molar-refractivity contribution in [2.75, 3.05) is 19.0 Å². The molecule has 31 heavy (non-hydrogen) atoms. The van der Waals surface area contributed by atoms with Crippen LogP contribution in [0.25, 0.3) is 10.9 Å². The van der Waals surface area contributed by atoms with Crippen LogP contribution in [0.3, 0.4) is 0 Å². The lowest BCUT2D eigenvalue weighted by molar-refractivity contribution is -0.121. The molecule has 3 rings (SSSR count). The summed E-state index contributed by atoms with van der Waals surface area (Å²) in [5, 5.41) is 3.35. The lowest BCUT2D eigenvalue weighted by Crippen LogP contribution is -2.33. The third-order valence-corrected chi connectivity index (χ3v) is 5.76. The van der Waals surface area contributed by atoms with Gasteiger partial charge >= 0.3 is 6.18 Å². The first kappa shape index (κ1) is 22.5. The molecular formula is C20H18F3N3O4S. The van der Waals surface area contributed by atoms with E-state index < -0.39 is 28.7 Å². The topological polar surface area (TPSA) is 97.4 Å². The standard InChI is InChI=1S/C20H18F3N3O4S/c1-12-17(9-13-3-6-15(30-2)10-18(13)25-12)19(27)26-14-4-7-16(8-5-14)31(28,29)24-11-20(21,22)23/h3-10,24H,11H2,1-2H3,(H,26,27). The Morgan fingerprint density at radius 3 is 2.39 bits per heavy atom. The number of carbonyl (C=O) groups excluding carboxylic acids is 1. The first-order valence-corrected chi connectivity index (χ1v) is 10.4. The van der Waals surface area contributed by atoms with Crippen molar-refractivity contribution >= 4 is 32.5 Å². The maximum Gasteiger partial charge on any atom is 0.402 e. The second-order valence-electron chi connectivity index (χ2n) is 6.60. The summed E-state index contributed by atoms with van der Waals surface area (Å²) in [6.45, 7) is 0.00373. The number of pyridine rings is 1. The summed E-state index contributed by atoms with van der Waals surface area (Å²) in [6, 6.07) is 11.7. The molecule has 0 bridgehead atoms. The largest absolute Gasteiger partial charge is 0.497 e. The van der Waals surface area contributed by atoms with Crippen molar-refractivity contribution in [3.05, 3.63) is 59.8 Å². The number of sulfonamides is 1. The van der Waals surface area contributed by atoms with Gasteiger partial charge in [0.05, 0.1) is 28.8 Å².